The first-order valence-corrected chi connectivity index (χ1v) is 9.64. The molecule has 5 nitrogen and oxygen atoms in total. The number of nitrogens with zero attached hydrogens (tertiary/aromatic N) is 3. The highest BCUT2D eigenvalue weighted by Crippen LogP contribution is 2.34. The fourth-order valence-corrected chi connectivity index (χ4v) is 4.40. The minimum Gasteiger partial charge on any atom is -0.467 e. The standard InChI is InChI=1S/C20H17N3O2S2/c1-13-9-15(14(2)23(13)16-5-3-7-21-11-16)10-18-19(24)22(20(26)27-18)12-17-6-4-8-25-17/h3-11H,12H2,1-2H3/b18-10-. The van der Waals surface area contributed by atoms with Gasteiger partial charge in [0.2, 0.25) is 0 Å². The number of aromatic nitrogens is 2. The first kappa shape index (κ1) is 17.8. The number of hydrogen-bond acceptors (Lipinski definition) is 5. The molecule has 4 rings (SSSR count). The Hall–Kier alpha value is -2.64. The molecule has 27 heavy (non-hydrogen) atoms. The van der Waals surface area contributed by atoms with Crippen molar-refractivity contribution in [2.45, 2.75) is 20.4 Å². The first-order chi connectivity index (χ1) is 13.0. The largest absolute Gasteiger partial charge is 0.467 e. The third-order valence-electron chi connectivity index (χ3n) is 4.43. The van der Waals surface area contributed by atoms with Gasteiger partial charge in [0.1, 0.15) is 10.1 Å². The van der Waals surface area contributed by atoms with Gasteiger partial charge in [-0.15, -0.1) is 0 Å². The lowest BCUT2D eigenvalue weighted by atomic mass is 10.2. The average molecular weight is 396 g/mol. The number of furan rings is 1. The van der Waals surface area contributed by atoms with Gasteiger partial charge in [-0.2, -0.15) is 0 Å². The van der Waals surface area contributed by atoms with E-state index in [4.69, 9.17) is 16.6 Å². The van der Waals surface area contributed by atoms with E-state index in [2.05, 4.69) is 15.6 Å². The second-order valence-electron chi connectivity index (χ2n) is 6.22. The Bertz CT molecular complexity index is 1040. The topological polar surface area (TPSA) is 51.3 Å². The molecule has 1 aliphatic heterocycles. The van der Waals surface area contributed by atoms with Crippen molar-refractivity contribution >= 4 is 40.3 Å². The average Bonchev–Trinajstić information content (AvgIpc) is 3.33. The van der Waals surface area contributed by atoms with Crippen molar-refractivity contribution in [1.82, 2.24) is 14.5 Å². The maximum atomic E-state index is 12.8. The smallest absolute Gasteiger partial charge is 0.266 e. The lowest BCUT2D eigenvalue weighted by Gasteiger charge is -2.12. The predicted octanol–water partition coefficient (Wildman–Crippen LogP) is 4.48. The maximum absolute atomic E-state index is 12.8. The summed E-state index contributed by atoms with van der Waals surface area (Å²) >= 11 is 6.72. The van der Waals surface area contributed by atoms with E-state index in [9.17, 15) is 4.79 Å². The van der Waals surface area contributed by atoms with Gasteiger partial charge in [-0.3, -0.25) is 14.7 Å². The molecule has 0 N–H and O–H groups in total. The quantitative estimate of drug-likeness (QED) is 0.481. The van der Waals surface area contributed by atoms with E-state index >= 15 is 0 Å². The van der Waals surface area contributed by atoms with Gasteiger partial charge in [0.05, 0.1) is 29.6 Å². The number of hydrogen-bond donors (Lipinski definition) is 0. The summed E-state index contributed by atoms with van der Waals surface area (Å²) in [5.74, 6) is 0.620. The molecule has 1 aliphatic rings. The highest BCUT2D eigenvalue weighted by atomic mass is 32.2. The summed E-state index contributed by atoms with van der Waals surface area (Å²) in [7, 11) is 0. The lowest BCUT2D eigenvalue weighted by Crippen LogP contribution is -2.27. The number of pyridine rings is 1. The summed E-state index contributed by atoms with van der Waals surface area (Å²) in [6, 6.07) is 9.63. The fourth-order valence-electron chi connectivity index (χ4n) is 3.15. The highest BCUT2D eigenvalue weighted by Gasteiger charge is 2.32. The third kappa shape index (κ3) is 3.36. The molecule has 0 bridgehead atoms. The van der Waals surface area contributed by atoms with Gasteiger partial charge in [0.15, 0.2) is 0 Å². The number of amides is 1. The summed E-state index contributed by atoms with van der Waals surface area (Å²) in [6.07, 6.45) is 7.09. The molecular weight excluding hydrogens is 378 g/mol. The molecular formula is C20H17N3O2S2. The van der Waals surface area contributed by atoms with Crippen LogP contribution in [0.5, 0.6) is 0 Å². The SMILES string of the molecule is Cc1cc(/C=C2\SC(=S)N(Cc3ccco3)C2=O)c(C)n1-c1cccnc1. The van der Waals surface area contributed by atoms with Crippen molar-refractivity contribution < 1.29 is 9.21 Å². The van der Waals surface area contributed by atoms with Crippen LogP contribution in [-0.4, -0.2) is 24.7 Å². The normalized spacial score (nSPS) is 15.9. The van der Waals surface area contributed by atoms with E-state index in [-0.39, 0.29) is 5.91 Å². The molecule has 0 unspecified atom stereocenters. The molecule has 3 aromatic heterocycles. The molecule has 0 saturated carbocycles. The van der Waals surface area contributed by atoms with Gasteiger partial charge < -0.3 is 8.98 Å². The van der Waals surface area contributed by atoms with Crippen LogP contribution in [-0.2, 0) is 11.3 Å². The van der Waals surface area contributed by atoms with Crippen molar-refractivity contribution in [2.24, 2.45) is 0 Å². The van der Waals surface area contributed by atoms with Crippen LogP contribution in [0, 0.1) is 13.8 Å². The van der Waals surface area contributed by atoms with Crippen LogP contribution >= 0.6 is 24.0 Å². The van der Waals surface area contributed by atoms with Gasteiger partial charge in [0, 0.05) is 17.6 Å². The Morgan fingerprint density at radius 2 is 2.15 bits per heavy atom. The van der Waals surface area contributed by atoms with Gasteiger partial charge in [0.25, 0.3) is 5.91 Å². The Morgan fingerprint density at radius 3 is 2.85 bits per heavy atom. The van der Waals surface area contributed by atoms with Crippen molar-refractivity contribution in [1.29, 1.82) is 0 Å². The monoisotopic (exact) mass is 395 g/mol. The zero-order valence-electron chi connectivity index (χ0n) is 14.9. The molecule has 0 radical (unpaired) electrons. The van der Waals surface area contributed by atoms with E-state index in [1.54, 1.807) is 23.4 Å². The fraction of sp³-hybridized carbons (Fsp3) is 0.150. The molecule has 3 aromatic rings. The first-order valence-electron chi connectivity index (χ1n) is 8.41. The van der Waals surface area contributed by atoms with Gasteiger partial charge in [-0.25, -0.2) is 0 Å². The summed E-state index contributed by atoms with van der Waals surface area (Å²) in [4.78, 5) is 19.2. The molecule has 1 saturated heterocycles. The van der Waals surface area contributed by atoms with Crippen LogP contribution in [0.2, 0.25) is 0 Å². The molecule has 1 amide bonds. The van der Waals surface area contributed by atoms with Crippen molar-refractivity contribution in [3.8, 4) is 5.69 Å². The summed E-state index contributed by atoms with van der Waals surface area (Å²) in [5.41, 5.74) is 4.13. The van der Waals surface area contributed by atoms with Crippen LogP contribution in [0.4, 0.5) is 0 Å². The molecule has 0 aromatic carbocycles. The Labute approximate surface area is 166 Å². The molecule has 4 heterocycles. The molecule has 0 aliphatic carbocycles. The maximum Gasteiger partial charge on any atom is 0.266 e. The minimum atomic E-state index is -0.0902. The zero-order chi connectivity index (χ0) is 19.0. The second-order valence-corrected chi connectivity index (χ2v) is 7.90. The van der Waals surface area contributed by atoms with Crippen molar-refractivity contribution in [2.75, 3.05) is 0 Å². The molecule has 1 fully saturated rings. The number of thiocarbonyl (C=S) groups is 1. The number of aryl methyl sites for hydroxylation is 1. The third-order valence-corrected chi connectivity index (χ3v) is 5.81. The van der Waals surface area contributed by atoms with Crippen LogP contribution < -0.4 is 0 Å². The highest BCUT2D eigenvalue weighted by molar-refractivity contribution is 8.26. The molecule has 7 heteroatoms. The molecule has 0 atom stereocenters. The van der Waals surface area contributed by atoms with E-state index in [1.807, 2.05) is 44.3 Å². The predicted molar refractivity (Wildman–Crippen MR) is 110 cm³/mol. The van der Waals surface area contributed by atoms with Crippen molar-refractivity contribution in [3.05, 3.63) is 76.6 Å². The number of thioether (sulfide) groups is 1. The molecule has 0 spiro atoms. The van der Waals surface area contributed by atoms with E-state index in [0.717, 1.165) is 22.6 Å². The molecule has 136 valence electrons. The summed E-state index contributed by atoms with van der Waals surface area (Å²) in [6.45, 7) is 4.43. The summed E-state index contributed by atoms with van der Waals surface area (Å²) in [5, 5.41) is 0. The van der Waals surface area contributed by atoms with E-state index in [0.29, 0.717) is 21.5 Å². The van der Waals surface area contributed by atoms with Gasteiger partial charge >= 0.3 is 0 Å². The second kappa shape index (κ2) is 7.17. The lowest BCUT2D eigenvalue weighted by molar-refractivity contribution is -0.122. The van der Waals surface area contributed by atoms with E-state index in [1.165, 1.54) is 11.8 Å². The van der Waals surface area contributed by atoms with Crippen LogP contribution in [0.25, 0.3) is 11.8 Å². The van der Waals surface area contributed by atoms with Crippen LogP contribution in [0.3, 0.4) is 0 Å². The van der Waals surface area contributed by atoms with E-state index < -0.39 is 0 Å². The minimum absolute atomic E-state index is 0.0902. The van der Waals surface area contributed by atoms with Crippen molar-refractivity contribution in [3.63, 3.8) is 0 Å². The number of rotatable bonds is 4. The number of carbonyl (C=O) groups is 1. The Kier molecular flexibility index (Phi) is 4.72. The van der Waals surface area contributed by atoms with Gasteiger partial charge in [-0.1, -0.05) is 24.0 Å². The zero-order valence-corrected chi connectivity index (χ0v) is 16.5. The Balaban J connectivity index is 1.65. The number of carbonyl (C=O) groups excluding carboxylic acids is 1. The Morgan fingerprint density at radius 1 is 1.30 bits per heavy atom. The van der Waals surface area contributed by atoms with Crippen LogP contribution in [0.1, 0.15) is 22.7 Å². The van der Waals surface area contributed by atoms with Gasteiger partial charge in [-0.05, 0) is 55.8 Å². The van der Waals surface area contributed by atoms with Crippen LogP contribution in [0.15, 0.2) is 58.3 Å². The summed E-state index contributed by atoms with van der Waals surface area (Å²) < 4.78 is 8.01.